The van der Waals surface area contributed by atoms with Crippen molar-refractivity contribution in [3.8, 4) is 10.7 Å². The topological polar surface area (TPSA) is 25.8 Å². The highest BCUT2D eigenvalue weighted by Crippen LogP contribution is 2.30. The molecule has 16 heavy (non-hydrogen) atoms. The van der Waals surface area contributed by atoms with Gasteiger partial charge < -0.3 is 0 Å². The van der Waals surface area contributed by atoms with Crippen molar-refractivity contribution in [2.45, 2.75) is 20.3 Å². The van der Waals surface area contributed by atoms with E-state index in [0.29, 0.717) is 11.0 Å². The molecule has 0 saturated heterocycles. The van der Waals surface area contributed by atoms with Gasteiger partial charge in [-0.3, -0.25) is 0 Å². The van der Waals surface area contributed by atoms with Gasteiger partial charge in [-0.05, 0) is 41.4 Å². The molecule has 0 aliphatic rings. The molecule has 2 nitrogen and oxygen atoms in total. The fraction of sp³-hybridized carbons (Fsp3) is 0.273. The number of nitrogens with zero attached hydrogens (tertiary/aromatic N) is 2. The molecule has 0 unspecified atom stereocenters. The fourth-order valence-electron chi connectivity index (χ4n) is 1.36. The zero-order chi connectivity index (χ0) is 11.7. The molecular weight excluding hydrogens is 308 g/mol. The van der Waals surface area contributed by atoms with Gasteiger partial charge in [-0.15, -0.1) is 11.3 Å². The third-order valence-electron chi connectivity index (χ3n) is 2.18. The number of rotatable bonds is 2. The third-order valence-corrected chi connectivity index (χ3v) is 4.51. The Kier molecular flexibility index (Phi) is 3.62. The number of aryl methyl sites for hydroxylation is 2. The van der Waals surface area contributed by atoms with Crippen LogP contribution in [-0.4, -0.2) is 9.97 Å². The lowest BCUT2D eigenvalue weighted by molar-refractivity contribution is 0.993. The van der Waals surface area contributed by atoms with Crippen LogP contribution in [0.2, 0.25) is 5.15 Å². The zero-order valence-electron chi connectivity index (χ0n) is 8.92. The van der Waals surface area contributed by atoms with E-state index < -0.39 is 0 Å². The van der Waals surface area contributed by atoms with Gasteiger partial charge >= 0.3 is 0 Å². The van der Waals surface area contributed by atoms with Gasteiger partial charge in [0.25, 0.3) is 0 Å². The van der Waals surface area contributed by atoms with Crippen LogP contribution in [0, 0.1) is 6.92 Å². The summed E-state index contributed by atoms with van der Waals surface area (Å²) in [6.45, 7) is 4.11. The van der Waals surface area contributed by atoms with Crippen molar-refractivity contribution in [1.29, 1.82) is 0 Å². The lowest BCUT2D eigenvalue weighted by Crippen LogP contribution is -1.96. The van der Waals surface area contributed by atoms with Crippen molar-refractivity contribution >= 4 is 38.9 Å². The molecule has 0 bridgehead atoms. The molecular formula is C11H10BrClN2S. The first-order chi connectivity index (χ1) is 7.61. The second-order valence-electron chi connectivity index (χ2n) is 3.36. The Morgan fingerprint density at radius 2 is 2.12 bits per heavy atom. The predicted octanol–water partition coefficient (Wildman–Crippen LogP) is 4.49. The molecule has 0 aliphatic carbocycles. The van der Waals surface area contributed by atoms with E-state index in [9.17, 15) is 0 Å². The number of halogens is 2. The maximum absolute atomic E-state index is 6.06. The molecule has 0 aliphatic heterocycles. The lowest BCUT2D eigenvalue weighted by Gasteiger charge is -2.04. The second-order valence-corrected chi connectivity index (χ2v) is 5.80. The normalized spacial score (nSPS) is 10.8. The Morgan fingerprint density at radius 3 is 2.69 bits per heavy atom. The molecule has 0 spiro atoms. The highest BCUT2D eigenvalue weighted by atomic mass is 79.9. The molecule has 0 N–H and O–H groups in total. The Hall–Kier alpha value is -0.450. The van der Waals surface area contributed by atoms with Crippen LogP contribution in [0.25, 0.3) is 10.7 Å². The first-order valence-corrected chi connectivity index (χ1v) is 6.89. The summed E-state index contributed by atoms with van der Waals surface area (Å²) in [5, 5.41) is 0.480. The highest BCUT2D eigenvalue weighted by molar-refractivity contribution is 9.10. The van der Waals surface area contributed by atoms with Crippen molar-refractivity contribution in [3.63, 3.8) is 0 Å². The van der Waals surface area contributed by atoms with Gasteiger partial charge in [0.2, 0.25) is 0 Å². The van der Waals surface area contributed by atoms with Crippen molar-refractivity contribution in [1.82, 2.24) is 9.97 Å². The molecule has 2 aromatic heterocycles. The van der Waals surface area contributed by atoms with E-state index in [1.54, 1.807) is 11.3 Å². The Labute approximate surface area is 112 Å². The van der Waals surface area contributed by atoms with Gasteiger partial charge in [0.05, 0.1) is 15.0 Å². The average molecular weight is 318 g/mol. The number of aromatic nitrogens is 2. The van der Waals surface area contributed by atoms with Crippen LogP contribution in [-0.2, 0) is 6.42 Å². The van der Waals surface area contributed by atoms with Gasteiger partial charge in [0.1, 0.15) is 5.15 Å². The monoisotopic (exact) mass is 316 g/mol. The Balaban J connectivity index is 2.54. The molecule has 84 valence electrons. The van der Waals surface area contributed by atoms with E-state index in [-0.39, 0.29) is 0 Å². The summed E-state index contributed by atoms with van der Waals surface area (Å²) in [6.07, 6.45) is 0.834. The van der Waals surface area contributed by atoms with Crippen LogP contribution >= 0.6 is 38.9 Å². The van der Waals surface area contributed by atoms with Gasteiger partial charge in [-0.25, -0.2) is 9.97 Å². The summed E-state index contributed by atoms with van der Waals surface area (Å²) in [5.74, 6) is 0.711. The Bertz CT molecular complexity index is 525. The van der Waals surface area contributed by atoms with Gasteiger partial charge in [-0.2, -0.15) is 0 Å². The van der Waals surface area contributed by atoms with Crippen LogP contribution in [0.4, 0.5) is 0 Å². The largest absolute Gasteiger partial charge is 0.231 e. The van der Waals surface area contributed by atoms with Gasteiger partial charge in [0, 0.05) is 4.88 Å². The standard InChI is InChI=1S/C11H10BrClN2S/c1-3-7-9(12)10(13)15-11(14-7)8-5-4-6(2)16-8/h4-5H,3H2,1-2H3. The SMILES string of the molecule is CCc1nc(-c2ccc(C)s2)nc(Cl)c1Br. The minimum absolute atomic E-state index is 0.480. The summed E-state index contributed by atoms with van der Waals surface area (Å²) in [4.78, 5) is 11.1. The van der Waals surface area contributed by atoms with Gasteiger partial charge in [-0.1, -0.05) is 18.5 Å². The van der Waals surface area contributed by atoms with Crippen molar-refractivity contribution < 1.29 is 0 Å². The smallest absolute Gasteiger partial charge is 0.171 e. The summed E-state index contributed by atoms with van der Waals surface area (Å²) < 4.78 is 0.800. The van der Waals surface area contributed by atoms with E-state index in [1.807, 2.05) is 13.0 Å². The van der Waals surface area contributed by atoms with Crippen LogP contribution in [0.5, 0.6) is 0 Å². The predicted molar refractivity (Wildman–Crippen MR) is 72.2 cm³/mol. The van der Waals surface area contributed by atoms with Crippen LogP contribution in [0.15, 0.2) is 16.6 Å². The van der Waals surface area contributed by atoms with Gasteiger partial charge in [0.15, 0.2) is 5.82 Å². The molecule has 2 aromatic rings. The zero-order valence-corrected chi connectivity index (χ0v) is 12.1. The first-order valence-electron chi connectivity index (χ1n) is 4.90. The Morgan fingerprint density at radius 1 is 1.38 bits per heavy atom. The highest BCUT2D eigenvalue weighted by Gasteiger charge is 2.11. The van der Waals surface area contributed by atoms with Crippen LogP contribution in [0.1, 0.15) is 17.5 Å². The molecule has 0 saturated carbocycles. The summed E-state index contributed by atoms with van der Waals surface area (Å²) >= 11 is 11.1. The van der Waals surface area contributed by atoms with E-state index in [1.165, 1.54) is 4.88 Å². The quantitative estimate of drug-likeness (QED) is 0.763. The van der Waals surface area contributed by atoms with E-state index in [0.717, 1.165) is 21.5 Å². The molecule has 2 rings (SSSR count). The molecule has 0 amide bonds. The van der Waals surface area contributed by atoms with Crippen LogP contribution < -0.4 is 0 Å². The minimum atomic E-state index is 0.480. The maximum Gasteiger partial charge on any atom is 0.171 e. The number of hydrogen-bond donors (Lipinski definition) is 0. The van der Waals surface area contributed by atoms with Crippen molar-refractivity contribution in [3.05, 3.63) is 32.3 Å². The second kappa shape index (κ2) is 4.82. The fourth-order valence-corrected chi connectivity index (χ4v) is 2.81. The van der Waals surface area contributed by atoms with Crippen LogP contribution in [0.3, 0.4) is 0 Å². The molecule has 0 radical (unpaired) electrons. The van der Waals surface area contributed by atoms with E-state index in [2.05, 4.69) is 38.9 Å². The van der Waals surface area contributed by atoms with Crippen molar-refractivity contribution in [2.24, 2.45) is 0 Å². The minimum Gasteiger partial charge on any atom is -0.231 e. The van der Waals surface area contributed by atoms with E-state index >= 15 is 0 Å². The number of thiophene rings is 1. The molecule has 0 aromatic carbocycles. The van der Waals surface area contributed by atoms with E-state index in [4.69, 9.17) is 11.6 Å². The molecule has 0 fully saturated rings. The summed E-state index contributed by atoms with van der Waals surface area (Å²) in [6, 6.07) is 4.09. The first kappa shape index (κ1) is 12.0. The summed E-state index contributed by atoms with van der Waals surface area (Å²) in [7, 11) is 0. The third kappa shape index (κ3) is 2.29. The molecule has 2 heterocycles. The maximum atomic E-state index is 6.06. The molecule has 0 atom stereocenters. The lowest BCUT2D eigenvalue weighted by atomic mass is 10.3. The number of hydrogen-bond acceptors (Lipinski definition) is 3. The average Bonchev–Trinajstić information content (AvgIpc) is 2.69. The summed E-state index contributed by atoms with van der Waals surface area (Å²) in [5.41, 5.74) is 0.945. The van der Waals surface area contributed by atoms with Crippen molar-refractivity contribution in [2.75, 3.05) is 0 Å². The molecule has 5 heteroatoms.